The number of alkyl halides is 3. The van der Waals surface area contributed by atoms with Crippen molar-refractivity contribution in [1.82, 2.24) is 15.1 Å². The topological polar surface area (TPSA) is 55.8 Å². The summed E-state index contributed by atoms with van der Waals surface area (Å²) in [6.45, 7) is 8.85. The molecule has 0 radical (unpaired) electrons. The van der Waals surface area contributed by atoms with E-state index in [1.54, 1.807) is 0 Å². The molecular formula is C15H28F3N3O2. The summed E-state index contributed by atoms with van der Waals surface area (Å²) in [6, 6.07) is 0.154. The van der Waals surface area contributed by atoms with Gasteiger partial charge in [0.15, 0.2) is 6.10 Å². The van der Waals surface area contributed by atoms with E-state index in [9.17, 15) is 23.1 Å². The van der Waals surface area contributed by atoms with Crippen LogP contribution in [-0.2, 0) is 0 Å². The Kier molecular flexibility index (Phi) is 7.60. The molecule has 8 heteroatoms. The van der Waals surface area contributed by atoms with Crippen LogP contribution in [-0.4, -0.2) is 72.0 Å². The molecule has 5 nitrogen and oxygen atoms in total. The number of carbonyl (C=O) groups is 1. The van der Waals surface area contributed by atoms with Gasteiger partial charge >= 0.3 is 12.2 Å². The zero-order valence-corrected chi connectivity index (χ0v) is 14.1. The summed E-state index contributed by atoms with van der Waals surface area (Å²) < 4.78 is 37.4. The highest BCUT2D eigenvalue weighted by molar-refractivity contribution is 5.74. The molecule has 2 N–H and O–H groups in total. The Morgan fingerprint density at radius 2 is 1.91 bits per heavy atom. The summed E-state index contributed by atoms with van der Waals surface area (Å²) >= 11 is 0. The van der Waals surface area contributed by atoms with Crippen molar-refractivity contribution < 1.29 is 23.1 Å². The number of likely N-dealkylation sites (N-methyl/N-ethyl adjacent to an activating group) is 1. The molecule has 1 heterocycles. The lowest BCUT2D eigenvalue weighted by atomic mass is 9.91. The van der Waals surface area contributed by atoms with Gasteiger partial charge in [-0.1, -0.05) is 6.92 Å². The van der Waals surface area contributed by atoms with Crippen molar-refractivity contribution >= 4 is 6.03 Å². The number of halogens is 3. The standard InChI is InChI=1S/C15H28F3N3O2/c1-4-20(11(2)3)10-7-19-14(23)21-8-5-12(6-9-21)13(22)15(16,17)18/h11-13,22H,4-10H2,1-3H3,(H,19,23). The first-order valence-corrected chi connectivity index (χ1v) is 8.18. The van der Waals surface area contributed by atoms with Gasteiger partial charge in [-0.3, -0.25) is 4.90 Å². The fourth-order valence-electron chi connectivity index (χ4n) is 2.89. The average molecular weight is 339 g/mol. The van der Waals surface area contributed by atoms with E-state index < -0.39 is 18.2 Å². The molecule has 0 aromatic rings. The van der Waals surface area contributed by atoms with Crippen LogP contribution in [0, 0.1) is 5.92 Å². The van der Waals surface area contributed by atoms with Crippen molar-refractivity contribution in [3.63, 3.8) is 0 Å². The Balaban J connectivity index is 2.33. The first-order chi connectivity index (χ1) is 10.7. The molecule has 0 bridgehead atoms. The lowest BCUT2D eigenvalue weighted by Gasteiger charge is -2.35. The van der Waals surface area contributed by atoms with E-state index in [4.69, 9.17) is 0 Å². The summed E-state index contributed by atoms with van der Waals surface area (Å²) in [6.07, 6.45) is -6.55. The highest BCUT2D eigenvalue weighted by atomic mass is 19.4. The SMILES string of the molecule is CCN(CCNC(=O)N1CCC(C(O)C(F)(F)F)CC1)C(C)C. The van der Waals surface area contributed by atoms with Gasteiger partial charge in [0.2, 0.25) is 0 Å². The third-order valence-corrected chi connectivity index (χ3v) is 4.42. The number of amides is 2. The van der Waals surface area contributed by atoms with E-state index in [2.05, 4.69) is 31.0 Å². The smallest absolute Gasteiger partial charge is 0.383 e. The van der Waals surface area contributed by atoms with Crippen LogP contribution >= 0.6 is 0 Å². The molecule has 0 saturated carbocycles. The number of nitrogens with zero attached hydrogens (tertiary/aromatic N) is 2. The summed E-state index contributed by atoms with van der Waals surface area (Å²) in [5, 5.41) is 12.1. The third-order valence-electron chi connectivity index (χ3n) is 4.42. The third kappa shape index (κ3) is 6.18. The fourth-order valence-corrected chi connectivity index (χ4v) is 2.89. The Morgan fingerprint density at radius 3 is 2.35 bits per heavy atom. The summed E-state index contributed by atoms with van der Waals surface area (Å²) in [5.74, 6) is -0.824. The van der Waals surface area contributed by atoms with Crippen LogP contribution in [0.25, 0.3) is 0 Å². The quantitative estimate of drug-likeness (QED) is 0.779. The number of aliphatic hydroxyl groups excluding tert-OH is 1. The van der Waals surface area contributed by atoms with Crippen molar-refractivity contribution in [2.24, 2.45) is 5.92 Å². The molecule has 0 spiro atoms. The molecule has 23 heavy (non-hydrogen) atoms. The largest absolute Gasteiger partial charge is 0.414 e. The van der Waals surface area contributed by atoms with Crippen LogP contribution in [0.3, 0.4) is 0 Å². The Morgan fingerprint density at radius 1 is 1.35 bits per heavy atom. The minimum Gasteiger partial charge on any atom is -0.383 e. The van der Waals surface area contributed by atoms with E-state index in [1.807, 2.05) is 0 Å². The highest BCUT2D eigenvalue weighted by Crippen LogP contribution is 2.31. The first kappa shape index (κ1) is 20.0. The molecule has 136 valence electrons. The normalized spacial score (nSPS) is 18.6. The molecule has 1 rings (SSSR count). The number of rotatable bonds is 6. The van der Waals surface area contributed by atoms with Crippen LogP contribution in [0.4, 0.5) is 18.0 Å². The summed E-state index contributed by atoms with van der Waals surface area (Å²) in [4.78, 5) is 15.8. The summed E-state index contributed by atoms with van der Waals surface area (Å²) in [7, 11) is 0. The van der Waals surface area contributed by atoms with Crippen molar-refractivity contribution in [2.75, 3.05) is 32.7 Å². The second-order valence-corrected chi connectivity index (χ2v) is 6.27. The van der Waals surface area contributed by atoms with Crippen molar-refractivity contribution in [3.05, 3.63) is 0 Å². The molecule has 1 atom stereocenters. The zero-order valence-electron chi connectivity index (χ0n) is 14.1. The van der Waals surface area contributed by atoms with E-state index >= 15 is 0 Å². The van der Waals surface area contributed by atoms with Crippen molar-refractivity contribution in [3.8, 4) is 0 Å². The second-order valence-electron chi connectivity index (χ2n) is 6.27. The zero-order chi connectivity index (χ0) is 17.6. The van der Waals surface area contributed by atoms with Crippen LogP contribution in [0.2, 0.25) is 0 Å². The first-order valence-electron chi connectivity index (χ1n) is 8.18. The number of hydrogen-bond acceptors (Lipinski definition) is 3. The molecule has 1 saturated heterocycles. The van der Waals surface area contributed by atoms with Crippen LogP contribution in [0.5, 0.6) is 0 Å². The molecular weight excluding hydrogens is 311 g/mol. The Labute approximate surface area is 135 Å². The minimum absolute atomic E-state index is 0.168. The van der Waals surface area contributed by atoms with Crippen LogP contribution < -0.4 is 5.32 Å². The van der Waals surface area contributed by atoms with Gasteiger partial charge < -0.3 is 15.3 Å². The molecule has 2 amide bonds. The van der Waals surface area contributed by atoms with Gasteiger partial charge in [0, 0.05) is 32.2 Å². The maximum absolute atomic E-state index is 12.5. The van der Waals surface area contributed by atoms with Gasteiger partial charge in [-0.05, 0) is 39.2 Å². The maximum atomic E-state index is 12.5. The predicted octanol–water partition coefficient (Wildman–Crippen LogP) is 2.06. The molecule has 1 fully saturated rings. The number of aliphatic hydroxyl groups is 1. The number of carbonyl (C=O) groups excluding carboxylic acids is 1. The maximum Gasteiger partial charge on any atom is 0.414 e. The number of piperidine rings is 1. The van der Waals surface area contributed by atoms with E-state index in [-0.39, 0.29) is 32.0 Å². The monoisotopic (exact) mass is 339 g/mol. The molecule has 1 unspecified atom stereocenters. The average Bonchev–Trinajstić information content (AvgIpc) is 2.49. The summed E-state index contributed by atoms with van der Waals surface area (Å²) in [5.41, 5.74) is 0. The van der Waals surface area contributed by atoms with Crippen molar-refractivity contribution in [2.45, 2.75) is 51.9 Å². The molecule has 1 aliphatic rings. The van der Waals surface area contributed by atoms with E-state index in [0.717, 1.165) is 13.1 Å². The van der Waals surface area contributed by atoms with Crippen LogP contribution in [0.15, 0.2) is 0 Å². The Hall–Kier alpha value is -1.02. The van der Waals surface area contributed by atoms with Gasteiger partial charge in [0.05, 0.1) is 0 Å². The number of likely N-dealkylation sites (tertiary alicyclic amines) is 1. The Bertz CT molecular complexity index is 369. The second kappa shape index (κ2) is 8.73. The minimum atomic E-state index is -4.59. The molecule has 1 aliphatic heterocycles. The van der Waals surface area contributed by atoms with Gasteiger partial charge in [0.1, 0.15) is 0 Å². The highest BCUT2D eigenvalue weighted by Gasteiger charge is 2.44. The van der Waals surface area contributed by atoms with Gasteiger partial charge in [0.25, 0.3) is 0 Å². The van der Waals surface area contributed by atoms with Gasteiger partial charge in [-0.15, -0.1) is 0 Å². The van der Waals surface area contributed by atoms with Crippen molar-refractivity contribution in [1.29, 1.82) is 0 Å². The lowest BCUT2D eigenvalue weighted by Crippen LogP contribution is -2.49. The van der Waals surface area contributed by atoms with Gasteiger partial charge in [-0.2, -0.15) is 13.2 Å². The van der Waals surface area contributed by atoms with E-state index in [1.165, 1.54) is 4.90 Å². The number of hydrogen-bond donors (Lipinski definition) is 2. The lowest BCUT2D eigenvalue weighted by molar-refractivity contribution is -0.222. The van der Waals surface area contributed by atoms with E-state index in [0.29, 0.717) is 12.6 Å². The molecule has 0 aromatic heterocycles. The molecule has 0 aromatic carbocycles. The fraction of sp³-hybridized carbons (Fsp3) is 0.933. The van der Waals surface area contributed by atoms with Gasteiger partial charge in [-0.25, -0.2) is 4.79 Å². The predicted molar refractivity (Wildman–Crippen MR) is 82.1 cm³/mol. The number of nitrogens with one attached hydrogen (secondary N) is 1. The van der Waals surface area contributed by atoms with Crippen LogP contribution in [0.1, 0.15) is 33.6 Å². The molecule has 0 aliphatic carbocycles. The number of urea groups is 1.